The monoisotopic (exact) mass is 207 g/mol. The van der Waals surface area contributed by atoms with Crippen molar-refractivity contribution in [1.82, 2.24) is 15.5 Å². The van der Waals surface area contributed by atoms with Crippen LogP contribution in [0, 0.1) is 0 Å². The summed E-state index contributed by atoms with van der Waals surface area (Å²) in [5, 5.41) is 7.45. The first-order valence-electron chi connectivity index (χ1n) is 5.97. The minimum atomic E-state index is 0.493. The van der Waals surface area contributed by atoms with E-state index in [0.717, 1.165) is 37.6 Å². The van der Waals surface area contributed by atoms with Crippen LogP contribution in [0.5, 0.6) is 0 Å². The molecule has 1 saturated carbocycles. The van der Waals surface area contributed by atoms with Crippen molar-refractivity contribution in [3.63, 3.8) is 0 Å². The molecule has 82 valence electrons. The smallest absolute Gasteiger partial charge is 0.229 e. The maximum absolute atomic E-state index is 5.37. The highest BCUT2D eigenvalue weighted by molar-refractivity contribution is 5.03. The molecule has 2 heterocycles. The second kappa shape index (κ2) is 3.93. The summed E-state index contributed by atoms with van der Waals surface area (Å²) in [6.45, 7) is 2.15. The molecule has 2 fully saturated rings. The van der Waals surface area contributed by atoms with Crippen LogP contribution in [0.3, 0.4) is 0 Å². The molecule has 15 heavy (non-hydrogen) atoms. The summed E-state index contributed by atoms with van der Waals surface area (Å²) in [6, 6.07) is 0. The first-order chi connectivity index (χ1) is 7.43. The molecule has 0 bridgehead atoms. The Morgan fingerprint density at radius 2 is 1.87 bits per heavy atom. The van der Waals surface area contributed by atoms with Gasteiger partial charge in [-0.25, -0.2) is 0 Å². The number of aromatic nitrogens is 2. The molecule has 4 heteroatoms. The van der Waals surface area contributed by atoms with Gasteiger partial charge in [0, 0.05) is 11.8 Å². The van der Waals surface area contributed by atoms with E-state index < -0.39 is 0 Å². The predicted molar refractivity (Wildman–Crippen MR) is 55.7 cm³/mol. The van der Waals surface area contributed by atoms with E-state index in [1.165, 1.54) is 19.3 Å². The predicted octanol–water partition coefficient (Wildman–Crippen LogP) is 1.80. The molecule has 1 aromatic rings. The van der Waals surface area contributed by atoms with Crippen molar-refractivity contribution in [1.29, 1.82) is 0 Å². The number of rotatable bonds is 2. The lowest BCUT2D eigenvalue weighted by atomic mass is 9.85. The largest absolute Gasteiger partial charge is 0.339 e. The molecule has 1 aliphatic heterocycles. The van der Waals surface area contributed by atoms with Gasteiger partial charge in [0.1, 0.15) is 0 Å². The molecule has 0 atom stereocenters. The van der Waals surface area contributed by atoms with Crippen LogP contribution in [0.1, 0.15) is 55.7 Å². The number of nitrogens with one attached hydrogen (secondary N) is 1. The summed E-state index contributed by atoms with van der Waals surface area (Å²) < 4.78 is 5.37. The molecule has 0 spiro atoms. The molecule has 3 rings (SSSR count). The van der Waals surface area contributed by atoms with Gasteiger partial charge >= 0.3 is 0 Å². The van der Waals surface area contributed by atoms with Gasteiger partial charge in [-0.15, -0.1) is 0 Å². The van der Waals surface area contributed by atoms with E-state index >= 15 is 0 Å². The van der Waals surface area contributed by atoms with Gasteiger partial charge in [-0.3, -0.25) is 0 Å². The highest BCUT2D eigenvalue weighted by atomic mass is 16.5. The van der Waals surface area contributed by atoms with E-state index in [2.05, 4.69) is 15.5 Å². The first-order valence-corrected chi connectivity index (χ1v) is 5.97. The summed E-state index contributed by atoms with van der Waals surface area (Å²) in [4.78, 5) is 4.55. The second-order valence-corrected chi connectivity index (χ2v) is 4.64. The zero-order valence-corrected chi connectivity index (χ0v) is 8.91. The minimum absolute atomic E-state index is 0.493. The van der Waals surface area contributed by atoms with Crippen LogP contribution < -0.4 is 5.32 Å². The normalized spacial score (nSPS) is 24.0. The molecular weight excluding hydrogens is 190 g/mol. The van der Waals surface area contributed by atoms with Gasteiger partial charge in [-0.2, -0.15) is 4.98 Å². The van der Waals surface area contributed by atoms with Crippen molar-refractivity contribution >= 4 is 0 Å². The molecule has 4 nitrogen and oxygen atoms in total. The lowest BCUT2D eigenvalue weighted by Crippen LogP contribution is -2.26. The lowest BCUT2D eigenvalue weighted by molar-refractivity contribution is 0.311. The van der Waals surface area contributed by atoms with E-state index in [4.69, 9.17) is 4.52 Å². The third kappa shape index (κ3) is 1.78. The summed E-state index contributed by atoms with van der Waals surface area (Å²) in [7, 11) is 0. The molecule has 2 aliphatic rings. The Hall–Kier alpha value is -0.900. The minimum Gasteiger partial charge on any atom is -0.339 e. The van der Waals surface area contributed by atoms with E-state index in [0.29, 0.717) is 11.8 Å². The molecule has 1 N–H and O–H groups in total. The Morgan fingerprint density at radius 1 is 1.07 bits per heavy atom. The number of nitrogens with zero attached hydrogens (tertiary/aromatic N) is 2. The van der Waals surface area contributed by atoms with Gasteiger partial charge in [0.15, 0.2) is 5.82 Å². The Labute approximate surface area is 89.4 Å². The maximum atomic E-state index is 5.37. The average Bonchev–Trinajstić information content (AvgIpc) is 2.66. The second-order valence-electron chi connectivity index (χ2n) is 4.64. The fourth-order valence-electron chi connectivity index (χ4n) is 2.31. The zero-order chi connectivity index (χ0) is 10.1. The van der Waals surface area contributed by atoms with Crippen molar-refractivity contribution in [3.05, 3.63) is 11.7 Å². The first kappa shape index (κ1) is 9.33. The zero-order valence-electron chi connectivity index (χ0n) is 8.91. The van der Waals surface area contributed by atoms with Crippen molar-refractivity contribution in [2.24, 2.45) is 0 Å². The van der Waals surface area contributed by atoms with E-state index in [-0.39, 0.29) is 0 Å². The van der Waals surface area contributed by atoms with Crippen LogP contribution in [0.15, 0.2) is 4.52 Å². The number of hydrogen-bond donors (Lipinski definition) is 1. The summed E-state index contributed by atoms with van der Waals surface area (Å²) in [6.07, 6.45) is 6.07. The number of hydrogen-bond acceptors (Lipinski definition) is 4. The average molecular weight is 207 g/mol. The quantitative estimate of drug-likeness (QED) is 0.803. The third-order valence-corrected chi connectivity index (χ3v) is 3.62. The standard InChI is InChI=1S/C11H17N3O/c1-2-8(3-1)10-13-11(15-14-10)9-4-6-12-7-5-9/h8-9,12H,1-7H2. The van der Waals surface area contributed by atoms with Crippen molar-refractivity contribution < 1.29 is 4.52 Å². The summed E-state index contributed by atoms with van der Waals surface area (Å²) >= 11 is 0. The highest BCUT2D eigenvalue weighted by Crippen LogP contribution is 2.35. The van der Waals surface area contributed by atoms with Crippen LogP contribution in [-0.2, 0) is 0 Å². The molecule has 0 aromatic carbocycles. The van der Waals surface area contributed by atoms with Crippen molar-refractivity contribution in [2.45, 2.75) is 43.9 Å². The van der Waals surface area contributed by atoms with Gasteiger partial charge in [0.2, 0.25) is 5.89 Å². The van der Waals surface area contributed by atoms with Crippen LogP contribution in [0.4, 0.5) is 0 Å². The van der Waals surface area contributed by atoms with Gasteiger partial charge < -0.3 is 9.84 Å². The van der Waals surface area contributed by atoms with Crippen molar-refractivity contribution in [2.75, 3.05) is 13.1 Å². The van der Waals surface area contributed by atoms with Gasteiger partial charge in [-0.05, 0) is 38.8 Å². The molecule has 0 amide bonds. The Balaban J connectivity index is 1.71. The summed E-state index contributed by atoms with van der Waals surface area (Å²) in [5.41, 5.74) is 0. The SMILES string of the molecule is C1CC(c2noc(C3CCNCC3)n2)C1. The molecule has 1 saturated heterocycles. The van der Waals surface area contributed by atoms with Crippen LogP contribution in [-0.4, -0.2) is 23.2 Å². The lowest BCUT2D eigenvalue weighted by Gasteiger charge is -2.21. The highest BCUT2D eigenvalue weighted by Gasteiger charge is 2.27. The van der Waals surface area contributed by atoms with Gasteiger partial charge in [0.25, 0.3) is 0 Å². The molecule has 1 aromatic heterocycles. The molecular formula is C11H17N3O. The third-order valence-electron chi connectivity index (χ3n) is 3.62. The Bertz CT molecular complexity index is 326. The van der Waals surface area contributed by atoms with E-state index in [9.17, 15) is 0 Å². The molecule has 0 unspecified atom stereocenters. The Morgan fingerprint density at radius 3 is 2.53 bits per heavy atom. The van der Waals surface area contributed by atoms with Crippen LogP contribution in [0.25, 0.3) is 0 Å². The molecule has 0 radical (unpaired) electrons. The number of piperidine rings is 1. The van der Waals surface area contributed by atoms with E-state index in [1.54, 1.807) is 0 Å². The van der Waals surface area contributed by atoms with Crippen LogP contribution >= 0.6 is 0 Å². The van der Waals surface area contributed by atoms with Crippen LogP contribution in [0.2, 0.25) is 0 Å². The summed E-state index contributed by atoms with van der Waals surface area (Å²) in [5.74, 6) is 2.91. The fraction of sp³-hybridized carbons (Fsp3) is 0.818. The maximum Gasteiger partial charge on any atom is 0.229 e. The topological polar surface area (TPSA) is 51.0 Å². The van der Waals surface area contributed by atoms with Crippen molar-refractivity contribution in [3.8, 4) is 0 Å². The van der Waals surface area contributed by atoms with E-state index in [1.807, 2.05) is 0 Å². The Kier molecular flexibility index (Phi) is 2.44. The van der Waals surface area contributed by atoms with Gasteiger partial charge in [0.05, 0.1) is 0 Å². The molecule has 1 aliphatic carbocycles. The fourth-order valence-corrected chi connectivity index (χ4v) is 2.31. The van der Waals surface area contributed by atoms with Gasteiger partial charge in [-0.1, -0.05) is 11.6 Å².